The number of carbonyl (C=O) groups excluding carboxylic acids is 1. The van der Waals surface area contributed by atoms with E-state index in [0.717, 1.165) is 16.5 Å². The maximum Gasteiger partial charge on any atom is 0.257 e. The second-order valence-electron chi connectivity index (χ2n) is 6.51. The van der Waals surface area contributed by atoms with E-state index in [-0.39, 0.29) is 17.4 Å². The number of phenolic OH excluding ortho intramolecular Hbond substituents is 2. The molecule has 0 aliphatic carbocycles. The molecule has 5 nitrogen and oxygen atoms in total. The third-order valence-electron chi connectivity index (χ3n) is 4.88. The van der Waals surface area contributed by atoms with E-state index in [9.17, 15) is 15.0 Å². The summed E-state index contributed by atoms with van der Waals surface area (Å²) in [7, 11) is 0. The van der Waals surface area contributed by atoms with Gasteiger partial charge in [-0.3, -0.25) is 4.79 Å². The maximum absolute atomic E-state index is 12.9. The molecule has 5 heteroatoms. The highest BCUT2D eigenvalue weighted by Gasteiger charge is 2.24. The van der Waals surface area contributed by atoms with Crippen molar-refractivity contribution in [2.45, 2.75) is 0 Å². The van der Waals surface area contributed by atoms with Gasteiger partial charge in [0.25, 0.3) is 5.91 Å². The Bertz CT molecular complexity index is 945. The number of fused-ring (bicyclic) bond motifs is 1. The van der Waals surface area contributed by atoms with Crippen LogP contribution in [-0.2, 0) is 0 Å². The Labute approximate surface area is 151 Å². The highest BCUT2D eigenvalue weighted by Crippen LogP contribution is 2.27. The molecular weight excluding hydrogens is 328 g/mol. The second-order valence-corrected chi connectivity index (χ2v) is 6.51. The summed E-state index contributed by atoms with van der Waals surface area (Å²) < 4.78 is 0. The number of phenols is 2. The van der Waals surface area contributed by atoms with Gasteiger partial charge in [0.05, 0.1) is 5.56 Å². The van der Waals surface area contributed by atoms with Crippen LogP contribution in [0.1, 0.15) is 10.4 Å². The zero-order valence-electron chi connectivity index (χ0n) is 14.3. The van der Waals surface area contributed by atoms with Crippen LogP contribution in [0.15, 0.2) is 60.7 Å². The van der Waals surface area contributed by atoms with Gasteiger partial charge in [-0.25, -0.2) is 0 Å². The Morgan fingerprint density at radius 3 is 2.08 bits per heavy atom. The fraction of sp³-hybridized carbons (Fsp3) is 0.190. The summed E-state index contributed by atoms with van der Waals surface area (Å²) in [5.41, 5.74) is 1.38. The number of carbonyl (C=O) groups is 1. The average Bonchev–Trinajstić information content (AvgIpc) is 2.68. The average molecular weight is 348 g/mol. The number of hydrogen-bond donors (Lipinski definition) is 2. The quantitative estimate of drug-likeness (QED) is 0.746. The molecule has 2 N–H and O–H groups in total. The van der Waals surface area contributed by atoms with Crippen LogP contribution >= 0.6 is 0 Å². The molecule has 1 heterocycles. The maximum atomic E-state index is 12.9. The molecule has 0 bridgehead atoms. The lowest BCUT2D eigenvalue weighted by Crippen LogP contribution is -2.48. The molecule has 1 fully saturated rings. The van der Waals surface area contributed by atoms with Crippen molar-refractivity contribution in [3.63, 3.8) is 0 Å². The topological polar surface area (TPSA) is 64.0 Å². The molecule has 1 saturated heterocycles. The molecule has 0 unspecified atom stereocenters. The first-order valence-electron chi connectivity index (χ1n) is 8.67. The van der Waals surface area contributed by atoms with Gasteiger partial charge in [0.1, 0.15) is 11.5 Å². The molecule has 1 amide bonds. The van der Waals surface area contributed by atoms with Crippen LogP contribution in [0.4, 0.5) is 5.69 Å². The van der Waals surface area contributed by atoms with Crippen molar-refractivity contribution < 1.29 is 15.0 Å². The van der Waals surface area contributed by atoms with Crippen molar-refractivity contribution in [3.8, 4) is 11.5 Å². The lowest BCUT2D eigenvalue weighted by atomic mass is 10.0. The van der Waals surface area contributed by atoms with Crippen molar-refractivity contribution in [3.05, 3.63) is 66.2 Å². The van der Waals surface area contributed by atoms with E-state index in [1.54, 1.807) is 29.2 Å². The molecule has 0 atom stereocenters. The van der Waals surface area contributed by atoms with Crippen LogP contribution in [-0.4, -0.2) is 47.2 Å². The summed E-state index contributed by atoms with van der Waals surface area (Å²) >= 11 is 0. The van der Waals surface area contributed by atoms with Gasteiger partial charge in [0.15, 0.2) is 0 Å². The van der Waals surface area contributed by atoms with E-state index >= 15 is 0 Å². The normalized spacial score (nSPS) is 14.6. The van der Waals surface area contributed by atoms with Gasteiger partial charge in [-0.2, -0.15) is 0 Å². The Kier molecular flexibility index (Phi) is 4.13. The third kappa shape index (κ3) is 3.04. The Balaban J connectivity index is 1.50. The van der Waals surface area contributed by atoms with E-state index in [0.29, 0.717) is 31.7 Å². The number of benzene rings is 3. The van der Waals surface area contributed by atoms with Gasteiger partial charge >= 0.3 is 0 Å². The van der Waals surface area contributed by atoms with Gasteiger partial charge < -0.3 is 20.0 Å². The smallest absolute Gasteiger partial charge is 0.257 e. The molecule has 26 heavy (non-hydrogen) atoms. The number of rotatable bonds is 2. The zero-order valence-corrected chi connectivity index (χ0v) is 14.3. The number of anilines is 1. The van der Waals surface area contributed by atoms with Gasteiger partial charge in [0.2, 0.25) is 0 Å². The molecule has 0 saturated carbocycles. The first kappa shape index (κ1) is 16.3. The van der Waals surface area contributed by atoms with E-state index < -0.39 is 0 Å². The van der Waals surface area contributed by atoms with Gasteiger partial charge in [-0.05, 0) is 47.2 Å². The van der Waals surface area contributed by atoms with Gasteiger partial charge in [-0.15, -0.1) is 0 Å². The van der Waals surface area contributed by atoms with Crippen molar-refractivity contribution in [1.29, 1.82) is 0 Å². The molecule has 0 radical (unpaired) electrons. The highest BCUT2D eigenvalue weighted by molar-refractivity contribution is 6.01. The predicted molar refractivity (Wildman–Crippen MR) is 102 cm³/mol. The van der Waals surface area contributed by atoms with Crippen LogP contribution < -0.4 is 4.90 Å². The van der Waals surface area contributed by atoms with Crippen molar-refractivity contribution in [1.82, 2.24) is 4.90 Å². The van der Waals surface area contributed by atoms with Crippen LogP contribution in [0, 0.1) is 0 Å². The summed E-state index contributed by atoms with van der Waals surface area (Å²) in [4.78, 5) is 16.8. The van der Waals surface area contributed by atoms with Crippen LogP contribution in [0.3, 0.4) is 0 Å². The fourth-order valence-electron chi connectivity index (χ4n) is 3.40. The first-order chi connectivity index (χ1) is 12.6. The molecule has 0 aromatic heterocycles. The number of amides is 1. The van der Waals surface area contributed by atoms with Gasteiger partial charge in [0, 0.05) is 31.9 Å². The first-order valence-corrected chi connectivity index (χ1v) is 8.67. The highest BCUT2D eigenvalue weighted by atomic mass is 16.3. The summed E-state index contributed by atoms with van der Waals surface area (Å²) in [6.07, 6.45) is 0. The van der Waals surface area contributed by atoms with Crippen LogP contribution in [0.5, 0.6) is 11.5 Å². The van der Waals surface area contributed by atoms with E-state index in [4.69, 9.17) is 0 Å². The number of nitrogens with zero attached hydrogens (tertiary/aromatic N) is 2. The minimum atomic E-state index is -0.140. The van der Waals surface area contributed by atoms with E-state index in [2.05, 4.69) is 4.90 Å². The molecule has 132 valence electrons. The summed E-state index contributed by atoms with van der Waals surface area (Å²) in [5.74, 6) is 0.127. The Morgan fingerprint density at radius 2 is 1.42 bits per heavy atom. The minimum absolute atomic E-state index is 0.0228. The predicted octanol–water partition coefficient (Wildman–Crippen LogP) is 3.21. The lowest BCUT2D eigenvalue weighted by molar-refractivity contribution is 0.0744. The largest absolute Gasteiger partial charge is 0.508 e. The SMILES string of the molecule is O=C(c1cc2ccccc2cc1O)N1CCN(c2ccc(O)cc2)CC1. The lowest BCUT2D eigenvalue weighted by Gasteiger charge is -2.36. The molecule has 0 spiro atoms. The fourth-order valence-corrected chi connectivity index (χ4v) is 3.40. The second kappa shape index (κ2) is 6.59. The van der Waals surface area contributed by atoms with Crippen molar-refractivity contribution in [2.24, 2.45) is 0 Å². The Hall–Kier alpha value is -3.21. The summed E-state index contributed by atoms with van der Waals surface area (Å²) in [5, 5.41) is 21.5. The van der Waals surface area contributed by atoms with Crippen LogP contribution in [0.2, 0.25) is 0 Å². The summed E-state index contributed by atoms with van der Waals surface area (Å²) in [6.45, 7) is 2.60. The van der Waals surface area contributed by atoms with Gasteiger partial charge in [-0.1, -0.05) is 24.3 Å². The molecule has 1 aliphatic rings. The number of aromatic hydroxyl groups is 2. The molecular formula is C21H20N2O3. The van der Waals surface area contributed by atoms with Crippen LogP contribution in [0.25, 0.3) is 10.8 Å². The summed E-state index contributed by atoms with van der Waals surface area (Å²) in [6, 6.07) is 18.2. The zero-order chi connectivity index (χ0) is 18.1. The molecule has 3 aromatic rings. The monoisotopic (exact) mass is 348 g/mol. The standard InChI is InChI=1S/C21H20N2O3/c24-18-7-5-17(6-8-18)22-9-11-23(12-10-22)21(26)19-13-15-3-1-2-4-16(15)14-20(19)25/h1-8,13-14,24-25H,9-12H2. The molecule has 1 aliphatic heterocycles. The molecule has 3 aromatic carbocycles. The number of piperazine rings is 1. The van der Waals surface area contributed by atoms with Crippen molar-refractivity contribution in [2.75, 3.05) is 31.1 Å². The number of hydrogen-bond acceptors (Lipinski definition) is 4. The van der Waals surface area contributed by atoms with Crippen molar-refractivity contribution >= 4 is 22.4 Å². The van der Waals surface area contributed by atoms with E-state index in [1.165, 1.54) is 0 Å². The Morgan fingerprint density at radius 1 is 0.808 bits per heavy atom. The van der Waals surface area contributed by atoms with E-state index in [1.807, 2.05) is 36.4 Å². The molecule has 4 rings (SSSR count). The third-order valence-corrected chi connectivity index (χ3v) is 4.88. The minimum Gasteiger partial charge on any atom is -0.508 e.